The Kier molecular flexibility index (Phi) is 5.46. The Morgan fingerprint density at radius 2 is 2.25 bits per heavy atom. The summed E-state index contributed by atoms with van der Waals surface area (Å²) in [4.78, 5) is 4.47. The normalized spacial score (nSPS) is 14.6. The molecule has 0 saturated carbocycles. The van der Waals surface area contributed by atoms with Gasteiger partial charge >= 0.3 is 0 Å². The van der Waals surface area contributed by atoms with E-state index in [2.05, 4.69) is 24.1 Å². The molecule has 2 atom stereocenters. The number of rotatable bonds is 7. The first-order chi connectivity index (χ1) is 9.62. The van der Waals surface area contributed by atoms with Crippen molar-refractivity contribution in [3.05, 3.63) is 29.0 Å². The van der Waals surface area contributed by atoms with Gasteiger partial charge < -0.3 is 10.4 Å². The minimum Gasteiger partial charge on any atom is -0.395 e. The van der Waals surface area contributed by atoms with Gasteiger partial charge in [-0.3, -0.25) is 0 Å². The molecule has 5 heteroatoms. The van der Waals surface area contributed by atoms with Crippen LogP contribution in [0.25, 0.3) is 10.2 Å². The molecule has 1 aromatic carbocycles. The molecule has 2 unspecified atom stereocenters. The third-order valence-corrected chi connectivity index (χ3v) is 4.56. The Balaban J connectivity index is 1.97. The van der Waals surface area contributed by atoms with Crippen molar-refractivity contribution in [1.29, 1.82) is 0 Å². The van der Waals surface area contributed by atoms with E-state index in [1.54, 1.807) is 6.07 Å². The summed E-state index contributed by atoms with van der Waals surface area (Å²) < 4.78 is 14.0. The van der Waals surface area contributed by atoms with Gasteiger partial charge in [-0.2, -0.15) is 0 Å². The van der Waals surface area contributed by atoms with Crippen molar-refractivity contribution < 1.29 is 9.50 Å². The molecule has 2 aromatic rings. The summed E-state index contributed by atoms with van der Waals surface area (Å²) in [6, 6.07) is 4.74. The van der Waals surface area contributed by atoms with Crippen LogP contribution in [0.5, 0.6) is 0 Å². The molecule has 110 valence electrons. The van der Waals surface area contributed by atoms with Gasteiger partial charge in [-0.15, -0.1) is 11.3 Å². The highest BCUT2D eigenvalue weighted by atomic mass is 32.1. The SMILES string of the molecule is CCC(C)CC(CO)NCc1nc2ccc(F)cc2s1. The van der Waals surface area contributed by atoms with Crippen molar-refractivity contribution >= 4 is 21.6 Å². The summed E-state index contributed by atoms with van der Waals surface area (Å²) in [6.07, 6.45) is 2.06. The van der Waals surface area contributed by atoms with Crippen molar-refractivity contribution in [2.24, 2.45) is 5.92 Å². The predicted octanol–water partition coefficient (Wildman–Crippen LogP) is 3.32. The molecule has 0 spiro atoms. The van der Waals surface area contributed by atoms with E-state index in [1.807, 2.05) is 0 Å². The van der Waals surface area contributed by atoms with Crippen molar-refractivity contribution in [3.8, 4) is 0 Å². The van der Waals surface area contributed by atoms with Crippen LogP contribution >= 0.6 is 11.3 Å². The number of benzene rings is 1. The van der Waals surface area contributed by atoms with Gasteiger partial charge in [0.15, 0.2) is 0 Å². The Bertz CT molecular complexity index is 558. The fourth-order valence-corrected chi connectivity index (χ4v) is 3.07. The molecule has 0 amide bonds. The maximum atomic E-state index is 13.1. The molecule has 0 radical (unpaired) electrons. The lowest BCUT2D eigenvalue weighted by Crippen LogP contribution is -2.33. The van der Waals surface area contributed by atoms with Gasteiger partial charge in [0.1, 0.15) is 10.8 Å². The van der Waals surface area contributed by atoms with Crippen molar-refractivity contribution in [2.45, 2.75) is 39.3 Å². The second-order valence-electron chi connectivity index (χ2n) is 5.23. The van der Waals surface area contributed by atoms with Crippen LogP contribution in [0.3, 0.4) is 0 Å². The Hall–Kier alpha value is -1.04. The monoisotopic (exact) mass is 296 g/mol. The number of hydrogen-bond donors (Lipinski definition) is 2. The van der Waals surface area contributed by atoms with Crippen molar-refractivity contribution in [3.63, 3.8) is 0 Å². The molecule has 0 bridgehead atoms. The average molecular weight is 296 g/mol. The first-order valence-corrected chi connectivity index (χ1v) is 7.83. The molecule has 0 aliphatic carbocycles. The van der Waals surface area contributed by atoms with Crippen LogP contribution in [0.15, 0.2) is 18.2 Å². The Labute approximate surface area is 122 Å². The van der Waals surface area contributed by atoms with Crippen LogP contribution in [0.4, 0.5) is 4.39 Å². The van der Waals surface area contributed by atoms with Crippen molar-refractivity contribution in [1.82, 2.24) is 10.3 Å². The molecule has 0 fully saturated rings. The molecule has 0 aliphatic heterocycles. The van der Waals surface area contributed by atoms with Gasteiger partial charge in [0.25, 0.3) is 0 Å². The maximum Gasteiger partial charge on any atom is 0.124 e. The van der Waals surface area contributed by atoms with Gasteiger partial charge in [0.2, 0.25) is 0 Å². The second kappa shape index (κ2) is 7.11. The smallest absolute Gasteiger partial charge is 0.124 e. The number of aliphatic hydroxyl groups is 1. The van der Waals surface area contributed by atoms with Gasteiger partial charge in [-0.05, 0) is 30.5 Å². The van der Waals surface area contributed by atoms with Gasteiger partial charge in [-0.1, -0.05) is 20.3 Å². The summed E-state index contributed by atoms with van der Waals surface area (Å²) in [5.74, 6) is 0.356. The van der Waals surface area contributed by atoms with E-state index in [0.717, 1.165) is 28.1 Å². The molecule has 0 aliphatic rings. The minimum absolute atomic E-state index is 0.0914. The highest BCUT2D eigenvalue weighted by Gasteiger charge is 2.12. The van der Waals surface area contributed by atoms with Crippen LogP contribution < -0.4 is 5.32 Å². The first-order valence-electron chi connectivity index (χ1n) is 7.01. The van der Waals surface area contributed by atoms with Gasteiger partial charge in [0.05, 0.1) is 16.8 Å². The number of thiazole rings is 1. The third-order valence-electron chi connectivity index (χ3n) is 3.54. The van der Waals surface area contributed by atoms with Gasteiger partial charge in [-0.25, -0.2) is 9.37 Å². The second-order valence-corrected chi connectivity index (χ2v) is 6.34. The molecule has 2 rings (SSSR count). The zero-order chi connectivity index (χ0) is 14.5. The molecule has 0 saturated heterocycles. The molecular formula is C15H21FN2OS. The summed E-state index contributed by atoms with van der Waals surface area (Å²) in [7, 11) is 0. The molecule has 20 heavy (non-hydrogen) atoms. The molecule has 2 N–H and O–H groups in total. The number of fused-ring (bicyclic) bond motifs is 1. The number of aromatic nitrogens is 1. The lowest BCUT2D eigenvalue weighted by molar-refractivity contribution is 0.220. The average Bonchev–Trinajstić information content (AvgIpc) is 2.84. The topological polar surface area (TPSA) is 45.1 Å². The summed E-state index contributed by atoms with van der Waals surface area (Å²) in [6.45, 7) is 5.08. The van der Waals surface area contributed by atoms with Crippen molar-refractivity contribution in [2.75, 3.05) is 6.61 Å². The van der Waals surface area contributed by atoms with Crippen LogP contribution in [0.1, 0.15) is 31.7 Å². The van der Waals surface area contributed by atoms with E-state index in [1.165, 1.54) is 23.5 Å². The van der Waals surface area contributed by atoms with E-state index in [9.17, 15) is 9.50 Å². The molecule has 1 aromatic heterocycles. The summed E-state index contributed by atoms with van der Waals surface area (Å²) >= 11 is 1.49. The van der Waals surface area contributed by atoms with Crippen LogP contribution in [0.2, 0.25) is 0 Å². The number of nitrogens with zero attached hydrogens (tertiary/aromatic N) is 1. The fraction of sp³-hybridized carbons (Fsp3) is 0.533. The summed E-state index contributed by atoms with van der Waals surface area (Å²) in [5.41, 5.74) is 0.829. The van der Waals surface area contributed by atoms with E-state index in [-0.39, 0.29) is 18.5 Å². The number of aliphatic hydroxyl groups excluding tert-OH is 1. The lowest BCUT2D eigenvalue weighted by atomic mass is 10.00. The standard InChI is InChI=1S/C15H21FN2OS/c1-3-10(2)6-12(9-19)17-8-15-18-13-5-4-11(16)7-14(13)20-15/h4-5,7,10,12,17,19H,3,6,8-9H2,1-2H3. The third kappa shape index (κ3) is 3.98. The number of hydrogen-bond acceptors (Lipinski definition) is 4. The molecular weight excluding hydrogens is 275 g/mol. The van der Waals surface area contributed by atoms with Gasteiger partial charge in [0, 0.05) is 12.6 Å². The van der Waals surface area contributed by atoms with Crippen LogP contribution in [-0.2, 0) is 6.54 Å². The quantitative estimate of drug-likeness (QED) is 0.824. The zero-order valence-corrected chi connectivity index (χ0v) is 12.7. The largest absolute Gasteiger partial charge is 0.395 e. The first kappa shape index (κ1) is 15.4. The van der Waals surface area contributed by atoms with E-state index < -0.39 is 0 Å². The predicted molar refractivity (Wildman–Crippen MR) is 81.4 cm³/mol. The molecule has 1 heterocycles. The highest BCUT2D eigenvalue weighted by molar-refractivity contribution is 7.18. The van der Waals surface area contributed by atoms with Crippen LogP contribution in [-0.4, -0.2) is 22.7 Å². The number of nitrogens with one attached hydrogen (secondary N) is 1. The zero-order valence-electron chi connectivity index (χ0n) is 11.9. The highest BCUT2D eigenvalue weighted by Crippen LogP contribution is 2.23. The Morgan fingerprint density at radius 3 is 2.95 bits per heavy atom. The van der Waals surface area contributed by atoms with E-state index >= 15 is 0 Å². The lowest BCUT2D eigenvalue weighted by Gasteiger charge is -2.18. The van der Waals surface area contributed by atoms with E-state index in [0.29, 0.717) is 12.5 Å². The molecule has 3 nitrogen and oxygen atoms in total. The number of halogens is 1. The summed E-state index contributed by atoms with van der Waals surface area (Å²) in [5, 5.41) is 13.7. The van der Waals surface area contributed by atoms with Crippen LogP contribution in [0, 0.1) is 11.7 Å². The minimum atomic E-state index is -0.231. The maximum absolute atomic E-state index is 13.1. The fourth-order valence-electron chi connectivity index (χ4n) is 2.13. The Morgan fingerprint density at radius 1 is 1.45 bits per heavy atom. The van der Waals surface area contributed by atoms with E-state index in [4.69, 9.17) is 0 Å².